The summed E-state index contributed by atoms with van der Waals surface area (Å²) in [7, 11) is 0. The van der Waals surface area contributed by atoms with Crippen molar-refractivity contribution in [3.8, 4) is 112 Å². The SMILES string of the molecule is c1ccc(-c2ccc(N(c3ccc(-c4ccccc4)cc3)c3ccc(-c4ccc5c(c4)c4ccccc4n5-c4nc(-c5ccccc5)cc(-c5ccccc5)n4)cc3)cc2)cc1.c1ccc(-c2ccc(N(c3ccc(-c4ccccc4)cc3)c3ccc(-c4ccc5c(c4)c4ccccc4n5-c4ncc(-c5ccccc5)cn4)cc3)cc2)cc1. The predicted octanol–water partition coefficient (Wildman–Crippen LogP) is 29.1. The summed E-state index contributed by atoms with van der Waals surface area (Å²) in [5.41, 5.74) is 30.9. The predicted molar refractivity (Wildman–Crippen MR) is 491 cm³/mol. The van der Waals surface area contributed by atoms with Crippen molar-refractivity contribution in [3.05, 3.63) is 461 Å². The van der Waals surface area contributed by atoms with Gasteiger partial charge in [-0.15, -0.1) is 0 Å². The average Bonchev–Trinajstić information content (AvgIpc) is 1.59. The zero-order valence-electron chi connectivity index (χ0n) is 64.5. The highest BCUT2D eigenvalue weighted by Gasteiger charge is 2.22. The Hall–Kier alpha value is -15.9. The van der Waals surface area contributed by atoms with Crippen LogP contribution in [0.3, 0.4) is 0 Å². The summed E-state index contributed by atoms with van der Waals surface area (Å²) in [6.45, 7) is 0. The zero-order valence-corrected chi connectivity index (χ0v) is 64.5. The number of para-hydroxylation sites is 2. The summed E-state index contributed by atoms with van der Waals surface area (Å²) in [5, 5.41) is 4.63. The van der Waals surface area contributed by atoms with E-state index in [0.29, 0.717) is 11.9 Å². The van der Waals surface area contributed by atoms with Crippen molar-refractivity contribution in [1.82, 2.24) is 29.1 Å². The first-order valence-electron chi connectivity index (χ1n) is 39.9. The molecule has 556 valence electrons. The van der Waals surface area contributed by atoms with Crippen LogP contribution in [0.15, 0.2) is 461 Å². The number of anilines is 6. The van der Waals surface area contributed by atoms with E-state index >= 15 is 0 Å². The van der Waals surface area contributed by atoms with Crippen molar-refractivity contribution in [2.24, 2.45) is 0 Å². The molecule has 0 aliphatic carbocycles. The molecule has 0 amide bonds. The van der Waals surface area contributed by atoms with E-state index in [0.717, 1.165) is 128 Å². The van der Waals surface area contributed by atoms with Crippen molar-refractivity contribution in [2.45, 2.75) is 0 Å². The highest BCUT2D eigenvalue weighted by molar-refractivity contribution is 6.12. The van der Waals surface area contributed by atoms with Gasteiger partial charge in [-0.1, -0.05) is 334 Å². The number of rotatable bonds is 17. The Bertz CT molecular complexity index is 6830. The fourth-order valence-corrected chi connectivity index (χ4v) is 16.2. The third kappa shape index (κ3) is 14.3. The number of aromatic nitrogens is 6. The number of fused-ring (bicyclic) bond motifs is 6. The van der Waals surface area contributed by atoms with Gasteiger partial charge < -0.3 is 9.80 Å². The molecule has 8 nitrogen and oxygen atoms in total. The third-order valence-electron chi connectivity index (χ3n) is 22.2. The van der Waals surface area contributed by atoms with Crippen LogP contribution in [0.2, 0.25) is 0 Å². The quantitative estimate of drug-likeness (QED) is 0.0905. The molecule has 0 saturated carbocycles. The Labute approximate surface area is 685 Å². The van der Waals surface area contributed by atoms with Crippen molar-refractivity contribution in [1.29, 1.82) is 0 Å². The Morgan fingerprint density at radius 2 is 0.381 bits per heavy atom. The third-order valence-corrected chi connectivity index (χ3v) is 22.2. The maximum absolute atomic E-state index is 5.22. The first-order chi connectivity index (χ1) is 58.5. The molecule has 0 unspecified atom stereocenters. The van der Waals surface area contributed by atoms with Crippen LogP contribution in [-0.4, -0.2) is 29.1 Å². The molecule has 0 aliphatic rings. The first-order valence-corrected chi connectivity index (χ1v) is 39.9. The second kappa shape index (κ2) is 31.9. The van der Waals surface area contributed by atoms with Crippen molar-refractivity contribution >= 4 is 77.7 Å². The van der Waals surface area contributed by atoms with Gasteiger partial charge in [0.2, 0.25) is 11.9 Å². The lowest BCUT2D eigenvalue weighted by atomic mass is 10.0. The summed E-state index contributed by atoms with van der Waals surface area (Å²) in [5.74, 6) is 1.30. The van der Waals surface area contributed by atoms with E-state index < -0.39 is 0 Å². The van der Waals surface area contributed by atoms with Crippen molar-refractivity contribution in [2.75, 3.05) is 9.80 Å². The van der Waals surface area contributed by atoms with Crippen LogP contribution in [0, 0.1) is 0 Å². The maximum atomic E-state index is 5.22. The molecule has 118 heavy (non-hydrogen) atoms. The minimum atomic E-state index is 0.641. The molecule has 21 rings (SSSR count). The normalized spacial score (nSPS) is 11.2. The van der Waals surface area contributed by atoms with Gasteiger partial charge in [0, 0.05) is 84.8 Å². The van der Waals surface area contributed by atoms with E-state index in [9.17, 15) is 0 Å². The van der Waals surface area contributed by atoms with Crippen LogP contribution in [0.25, 0.3) is 156 Å². The molecule has 0 bridgehead atoms. The highest BCUT2D eigenvalue weighted by Crippen LogP contribution is 2.43. The molecule has 0 fully saturated rings. The fourth-order valence-electron chi connectivity index (χ4n) is 16.2. The smallest absolute Gasteiger partial charge is 0.235 e. The van der Waals surface area contributed by atoms with Gasteiger partial charge in [0.15, 0.2) is 0 Å². The summed E-state index contributed by atoms with van der Waals surface area (Å²) in [4.78, 5) is 24.8. The van der Waals surface area contributed by atoms with Gasteiger partial charge in [0.1, 0.15) is 0 Å². The minimum Gasteiger partial charge on any atom is -0.311 e. The molecule has 0 saturated heterocycles. The fraction of sp³-hybridized carbons (Fsp3) is 0. The van der Waals surface area contributed by atoms with E-state index in [2.05, 4.69) is 438 Å². The van der Waals surface area contributed by atoms with Crippen LogP contribution in [0.4, 0.5) is 34.1 Å². The Morgan fingerprint density at radius 3 is 0.678 bits per heavy atom. The molecular weight excluding hydrogens is 1430 g/mol. The topological polar surface area (TPSA) is 67.9 Å². The van der Waals surface area contributed by atoms with Crippen LogP contribution in [0.5, 0.6) is 0 Å². The van der Waals surface area contributed by atoms with E-state index in [-0.39, 0.29) is 0 Å². The lowest BCUT2D eigenvalue weighted by Crippen LogP contribution is -2.09. The molecule has 0 radical (unpaired) electrons. The first kappa shape index (κ1) is 71.2. The zero-order chi connectivity index (χ0) is 78.5. The molecule has 0 aliphatic heterocycles. The van der Waals surface area contributed by atoms with Gasteiger partial charge in [-0.05, 0) is 188 Å². The second-order valence-corrected chi connectivity index (χ2v) is 29.4. The van der Waals surface area contributed by atoms with E-state index in [1.807, 2.05) is 42.7 Å². The lowest BCUT2D eigenvalue weighted by Gasteiger charge is -2.26. The van der Waals surface area contributed by atoms with Crippen LogP contribution in [-0.2, 0) is 0 Å². The number of nitrogens with zero attached hydrogens (tertiary/aromatic N) is 8. The summed E-state index contributed by atoms with van der Waals surface area (Å²) in [6.07, 6.45) is 3.82. The van der Waals surface area contributed by atoms with Gasteiger partial charge in [0.05, 0.1) is 33.5 Å². The monoisotopic (exact) mass is 1510 g/mol. The molecular formula is C110H76N8. The summed E-state index contributed by atoms with van der Waals surface area (Å²) in [6, 6.07) is 159. The molecule has 17 aromatic carbocycles. The number of hydrogen-bond acceptors (Lipinski definition) is 6. The highest BCUT2D eigenvalue weighted by atomic mass is 15.2. The van der Waals surface area contributed by atoms with Crippen molar-refractivity contribution in [3.63, 3.8) is 0 Å². The molecule has 0 N–H and O–H groups in total. The average molecular weight is 1510 g/mol. The van der Waals surface area contributed by atoms with E-state index in [1.165, 1.54) is 49.9 Å². The molecule has 4 heterocycles. The molecule has 21 aromatic rings. The van der Waals surface area contributed by atoms with Crippen molar-refractivity contribution < 1.29 is 0 Å². The largest absolute Gasteiger partial charge is 0.311 e. The summed E-state index contributed by atoms with van der Waals surface area (Å²) >= 11 is 0. The van der Waals surface area contributed by atoms with E-state index in [1.54, 1.807) is 0 Å². The second-order valence-electron chi connectivity index (χ2n) is 29.4. The molecule has 8 heteroatoms. The number of benzene rings is 17. The molecule has 0 atom stereocenters. The Balaban J connectivity index is 0.000000152. The van der Waals surface area contributed by atoms with Gasteiger partial charge in [0.25, 0.3) is 0 Å². The maximum Gasteiger partial charge on any atom is 0.235 e. The van der Waals surface area contributed by atoms with Gasteiger partial charge >= 0.3 is 0 Å². The Morgan fingerprint density at radius 1 is 0.161 bits per heavy atom. The number of hydrogen-bond donors (Lipinski definition) is 0. The lowest BCUT2D eigenvalue weighted by molar-refractivity contribution is 0.990. The Kier molecular flexibility index (Phi) is 19.3. The standard InChI is InChI=1S/C58H40N4.C52H36N4/c1-5-15-41(16-6-1)43-25-32-49(33-26-43)61(50-34-27-44(28-35-50)42-17-7-2-8-18-42)51-36-29-45(30-37-51)48-31-38-57-53(39-48)52-23-13-14-24-56(52)62(57)58-59-54(46-19-9-3-10-20-46)40-55(60-58)47-21-11-4-12-22-47;1-4-12-37(13-5-1)40-20-27-45(28-21-40)55(46-29-22-41(23-30-46)38-14-6-2-7-15-38)47-31-24-42(25-32-47)43-26-33-51-49(34-43)48-18-10-11-19-50(48)56(51)52-53-35-44(36-54-52)39-16-8-3-9-17-39/h1-40H;1-36H. The van der Waals surface area contributed by atoms with Crippen LogP contribution in [0.1, 0.15) is 0 Å². The van der Waals surface area contributed by atoms with Crippen LogP contribution < -0.4 is 9.80 Å². The molecule has 0 spiro atoms. The van der Waals surface area contributed by atoms with E-state index in [4.69, 9.17) is 19.9 Å². The minimum absolute atomic E-state index is 0.641. The molecule has 4 aromatic heterocycles. The van der Waals surface area contributed by atoms with Gasteiger partial charge in [-0.3, -0.25) is 9.13 Å². The van der Waals surface area contributed by atoms with Gasteiger partial charge in [-0.25, -0.2) is 19.9 Å². The summed E-state index contributed by atoms with van der Waals surface area (Å²) < 4.78 is 4.37. The van der Waals surface area contributed by atoms with Gasteiger partial charge in [-0.2, -0.15) is 0 Å². The van der Waals surface area contributed by atoms with Crippen LogP contribution >= 0.6 is 0 Å².